The van der Waals surface area contributed by atoms with Crippen molar-refractivity contribution >= 4 is 40.2 Å². The van der Waals surface area contributed by atoms with Crippen molar-refractivity contribution in [2.24, 2.45) is 5.73 Å². The highest BCUT2D eigenvalue weighted by Gasteiger charge is 2.25. The van der Waals surface area contributed by atoms with E-state index in [1.54, 1.807) is 29.2 Å². The second kappa shape index (κ2) is 10.1. The molecule has 2 aromatic heterocycles. The van der Waals surface area contributed by atoms with E-state index in [9.17, 15) is 9.59 Å². The average molecular weight is 518 g/mol. The molecule has 196 valence electrons. The number of nitrogen functional groups attached to an aromatic ring is 1. The van der Waals surface area contributed by atoms with E-state index in [4.69, 9.17) is 11.5 Å². The van der Waals surface area contributed by atoms with E-state index in [1.807, 2.05) is 20.0 Å². The number of aromatic nitrogens is 4. The molecule has 2 aromatic carbocycles. The Bertz CT molecular complexity index is 1530. The van der Waals surface area contributed by atoms with Gasteiger partial charge in [0.1, 0.15) is 30.2 Å². The number of benzene rings is 2. The van der Waals surface area contributed by atoms with E-state index in [2.05, 4.69) is 20.0 Å². The van der Waals surface area contributed by atoms with E-state index < -0.39 is 11.8 Å². The van der Waals surface area contributed by atoms with Gasteiger partial charge in [-0.25, -0.2) is 23.8 Å². The third kappa shape index (κ3) is 4.73. The number of piperazine rings is 1. The lowest BCUT2D eigenvalue weighted by Crippen LogP contribution is -2.48. The molecule has 0 spiro atoms. The van der Waals surface area contributed by atoms with Crippen molar-refractivity contribution in [2.45, 2.75) is 13.5 Å². The highest BCUT2D eigenvalue weighted by atomic mass is 19.1. The van der Waals surface area contributed by atoms with Gasteiger partial charge in [0.25, 0.3) is 0 Å². The molecular formula is C26H28FN9O2. The minimum Gasteiger partial charge on any atom is -0.383 e. The van der Waals surface area contributed by atoms with Crippen LogP contribution in [0.1, 0.15) is 5.56 Å². The molecule has 0 atom stereocenters. The van der Waals surface area contributed by atoms with Crippen molar-refractivity contribution in [1.82, 2.24) is 29.5 Å². The number of nitrogens with two attached hydrogens (primary N) is 2. The highest BCUT2D eigenvalue weighted by molar-refractivity contribution is 6.01. The number of hydrogen-bond donors (Lipinski definition) is 2. The predicted molar refractivity (Wildman–Crippen MR) is 142 cm³/mol. The Balaban J connectivity index is 1.52. The minimum atomic E-state index is -0.822. The maximum atomic E-state index is 15.5. The van der Waals surface area contributed by atoms with Crippen LogP contribution in [-0.2, 0) is 11.3 Å². The standard InChI is InChI=1S/C26H28FN9O2/c1-16-4-3-5-18(12-16)36(26(29)38)20-7-6-17(13-19(20)27)23-22-24(28)30-15-31-25(22)35(32-23)14-21(37)34-10-8-33(2)9-11-34/h3-7,12-13,15H,8-11,14H2,1-2H3,(H2,29,38)(H2,28,30,31). The second-order valence-corrected chi connectivity index (χ2v) is 9.33. The van der Waals surface area contributed by atoms with Crippen LogP contribution in [0.2, 0.25) is 0 Å². The second-order valence-electron chi connectivity index (χ2n) is 9.33. The van der Waals surface area contributed by atoms with Crippen LogP contribution < -0.4 is 16.4 Å². The van der Waals surface area contributed by atoms with Crippen molar-refractivity contribution in [1.29, 1.82) is 0 Å². The zero-order valence-corrected chi connectivity index (χ0v) is 21.1. The molecule has 38 heavy (non-hydrogen) atoms. The minimum absolute atomic E-state index is 0.00921. The number of urea groups is 1. The molecule has 1 fully saturated rings. The first-order valence-corrected chi connectivity index (χ1v) is 12.1. The molecule has 3 heterocycles. The van der Waals surface area contributed by atoms with E-state index in [0.29, 0.717) is 41.1 Å². The van der Waals surface area contributed by atoms with Crippen LogP contribution >= 0.6 is 0 Å². The molecule has 5 rings (SSSR count). The summed E-state index contributed by atoms with van der Waals surface area (Å²) in [5.41, 5.74) is 14.2. The first-order valence-electron chi connectivity index (χ1n) is 12.1. The van der Waals surface area contributed by atoms with E-state index >= 15 is 4.39 Å². The number of aryl methyl sites for hydroxylation is 1. The number of likely N-dealkylation sites (N-methyl/N-ethyl adjacent to an activating group) is 1. The monoisotopic (exact) mass is 517 g/mol. The number of carbonyl (C=O) groups excluding carboxylic acids is 2. The van der Waals surface area contributed by atoms with Gasteiger partial charge in [0.15, 0.2) is 5.65 Å². The first kappa shape index (κ1) is 25.1. The molecule has 4 N–H and O–H groups in total. The molecule has 4 aromatic rings. The fourth-order valence-corrected chi connectivity index (χ4v) is 4.61. The Morgan fingerprint density at radius 1 is 1.08 bits per heavy atom. The van der Waals surface area contributed by atoms with Gasteiger partial charge in [0, 0.05) is 31.7 Å². The van der Waals surface area contributed by atoms with Crippen LogP contribution in [0.3, 0.4) is 0 Å². The SMILES string of the molecule is Cc1cccc(N(C(N)=O)c2ccc(-c3nn(CC(=O)N4CCN(C)CC4)c4ncnc(N)c34)cc2F)c1. The topological polar surface area (TPSA) is 140 Å². The van der Waals surface area contributed by atoms with Gasteiger partial charge >= 0.3 is 6.03 Å². The highest BCUT2D eigenvalue weighted by Crippen LogP contribution is 2.35. The van der Waals surface area contributed by atoms with E-state index in [0.717, 1.165) is 23.6 Å². The van der Waals surface area contributed by atoms with Gasteiger partial charge in [-0.1, -0.05) is 18.2 Å². The van der Waals surface area contributed by atoms with Gasteiger partial charge < -0.3 is 21.3 Å². The number of rotatable bonds is 5. The van der Waals surface area contributed by atoms with Crippen LogP contribution in [0.25, 0.3) is 22.3 Å². The lowest BCUT2D eigenvalue weighted by atomic mass is 10.1. The van der Waals surface area contributed by atoms with Crippen molar-refractivity contribution in [3.05, 3.63) is 60.2 Å². The maximum Gasteiger partial charge on any atom is 0.323 e. The number of fused-ring (bicyclic) bond motifs is 1. The molecule has 0 aliphatic carbocycles. The molecule has 3 amide bonds. The number of hydrogen-bond acceptors (Lipinski definition) is 7. The van der Waals surface area contributed by atoms with Gasteiger partial charge in [-0.3, -0.25) is 9.69 Å². The fourth-order valence-electron chi connectivity index (χ4n) is 4.61. The molecule has 0 radical (unpaired) electrons. The summed E-state index contributed by atoms with van der Waals surface area (Å²) in [5, 5.41) is 5.01. The first-order chi connectivity index (χ1) is 18.2. The van der Waals surface area contributed by atoms with Crippen LogP contribution in [-0.4, -0.2) is 74.7 Å². The van der Waals surface area contributed by atoms with Crippen molar-refractivity contribution in [3.63, 3.8) is 0 Å². The Morgan fingerprint density at radius 3 is 2.53 bits per heavy atom. The summed E-state index contributed by atoms with van der Waals surface area (Å²) in [6.07, 6.45) is 1.30. The number of primary amides is 1. The average Bonchev–Trinajstić information content (AvgIpc) is 3.25. The van der Waals surface area contributed by atoms with E-state index in [1.165, 1.54) is 23.1 Å². The number of anilines is 3. The van der Waals surface area contributed by atoms with Crippen molar-refractivity contribution in [2.75, 3.05) is 43.9 Å². The number of nitrogens with zero attached hydrogens (tertiary/aromatic N) is 7. The maximum absolute atomic E-state index is 15.5. The van der Waals surface area contributed by atoms with Crippen molar-refractivity contribution in [3.8, 4) is 11.3 Å². The normalized spacial score (nSPS) is 14.1. The van der Waals surface area contributed by atoms with Gasteiger partial charge in [-0.05, 0) is 43.8 Å². The van der Waals surface area contributed by atoms with Crippen LogP contribution in [0.4, 0.5) is 26.4 Å². The summed E-state index contributed by atoms with van der Waals surface area (Å²) in [6, 6.07) is 10.5. The predicted octanol–water partition coefficient (Wildman–Crippen LogP) is 2.51. The molecule has 0 bridgehead atoms. The lowest BCUT2D eigenvalue weighted by molar-refractivity contribution is -0.133. The van der Waals surface area contributed by atoms with E-state index in [-0.39, 0.29) is 24.0 Å². The van der Waals surface area contributed by atoms with Gasteiger partial charge in [-0.2, -0.15) is 5.10 Å². The zero-order chi connectivity index (χ0) is 27.0. The smallest absolute Gasteiger partial charge is 0.323 e. The zero-order valence-electron chi connectivity index (χ0n) is 21.1. The molecule has 12 heteroatoms. The molecule has 1 aliphatic rings. The quantitative estimate of drug-likeness (QED) is 0.415. The third-order valence-electron chi connectivity index (χ3n) is 6.64. The van der Waals surface area contributed by atoms with Gasteiger partial charge in [-0.15, -0.1) is 0 Å². The van der Waals surface area contributed by atoms with Crippen LogP contribution in [0.15, 0.2) is 48.8 Å². The molecule has 0 unspecified atom stereocenters. The summed E-state index contributed by atoms with van der Waals surface area (Å²) in [5.74, 6) is -0.622. The van der Waals surface area contributed by atoms with Gasteiger partial charge in [0.2, 0.25) is 5.91 Å². The summed E-state index contributed by atoms with van der Waals surface area (Å²) in [4.78, 5) is 38.7. The van der Waals surface area contributed by atoms with Crippen LogP contribution in [0.5, 0.6) is 0 Å². The largest absolute Gasteiger partial charge is 0.383 e. The lowest BCUT2D eigenvalue weighted by Gasteiger charge is -2.32. The Morgan fingerprint density at radius 2 is 1.84 bits per heavy atom. The Labute approximate surface area is 218 Å². The summed E-state index contributed by atoms with van der Waals surface area (Å²) in [7, 11) is 2.02. The van der Waals surface area contributed by atoms with Gasteiger partial charge in [0.05, 0.1) is 16.8 Å². The molecule has 11 nitrogen and oxygen atoms in total. The van der Waals surface area contributed by atoms with Crippen LogP contribution in [0, 0.1) is 12.7 Å². The summed E-state index contributed by atoms with van der Waals surface area (Å²) < 4.78 is 17.0. The van der Waals surface area contributed by atoms with Crippen molar-refractivity contribution < 1.29 is 14.0 Å². The Hall–Kier alpha value is -4.58. The Kier molecular flexibility index (Phi) is 6.64. The molecular weight excluding hydrogens is 489 g/mol. The molecule has 1 aliphatic heterocycles. The fraction of sp³-hybridized carbons (Fsp3) is 0.269. The number of halogens is 1. The summed E-state index contributed by atoms with van der Waals surface area (Å²) >= 11 is 0. The molecule has 0 saturated carbocycles. The number of amides is 3. The number of carbonyl (C=O) groups is 2. The third-order valence-corrected chi connectivity index (χ3v) is 6.64. The molecule has 1 saturated heterocycles. The summed E-state index contributed by atoms with van der Waals surface area (Å²) in [6.45, 7) is 4.67.